The highest BCUT2D eigenvalue weighted by Gasteiger charge is 2.23. The Morgan fingerprint density at radius 1 is 1.09 bits per heavy atom. The van der Waals surface area contributed by atoms with E-state index < -0.39 is 0 Å². The molecule has 9 heteroatoms. The largest absolute Gasteiger partial charge is 0.497 e. The summed E-state index contributed by atoms with van der Waals surface area (Å²) in [5.41, 5.74) is 2.87. The van der Waals surface area contributed by atoms with E-state index in [2.05, 4.69) is 14.9 Å². The van der Waals surface area contributed by atoms with E-state index in [4.69, 9.17) is 14.5 Å². The van der Waals surface area contributed by atoms with Crippen molar-refractivity contribution in [2.24, 2.45) is 0 Å². The average molecular weight is 450 g/mol. The van der Waals surface area contributed by atoms with Crippen molar-refractivity contribution >= 4 is 43.6 Å². The molecule has 0 saturated carbocycles. The number of methoxy groups -OCH3 is 1. The lowest BCUT2D eigenvalue weighted by molar-refractivity contribution is 0.0391. The van der Waals surface area contributed by atoms with Crippen LogP contribution in [0.15, 0.2) is 48.8 Å². The lowest BCUT2D eigenvalue weighted by Gasteiger charge is -2.29. The molecule has 8 nitrogen and oxygen atoms in total. The molecule has 2 aromatic heterocycles. The molecule has 1 aliphatic rings. The minimum absolute atomic E-state index is 0.100. The molecule has 4 aromatic rings. The standard InChI is InChI=1S/C23H23N5O3S/c1-30-17-3-5-19-21(15-17)32-23(26-19)28(9-8-27-10-12-31-13-11-27)22(29)16-2-4-18-20(14-16)25-7-6-24-18/h2-7,14-15H,8-13H2,1H3. The molecule has 32 heavy (non-hydrogen) atoms. The van der Waals surface area contributed by atoms with Gasteiger partial charge in [-0.25, -0.2) is 4.98 Å². The normalized spacial score (nSPS) is 14.7. The van der Waals surface area contributed by atoms with Crippen LogP contribution in [0, 0.1) is 0 Å². The third kappa shape index (κ3) is 4.27. The molecule has 0 aliphatic carbocycles. The number of hydrogen-bond acceptors (Lipinski definition) is 8. The first-order valence-corrected chi connectivity index (χ1v) is 11.3. The van der Waals surface area contributed by atoms with Gasteiger partial charge in [-0.2, -0.15) is 0 Å². The first-order valence-electron chi connectivity index (χ1n) is 10.5. The molecule has 1 amide bonds. The zero-order valence-electron chi connectivity index (χ0n) is 17.7. The van der Waals surface area contributed by atoms with E-state index in [1.54, 1.807) is 36.5 Å². The SMILES string of the molecule is COc1ccc2nc(N(CCN3CCOCC3)C(=O)c3ccc4nccnc4c3)sc2c1. The second-order valence-corrected chi connectivity index (χ2v) is 8.51. The number of thiazole rings is 1. The molecule has 0 bridgehead atoms. The number of rotatable bonds is 6. The number of hydrogen-bond donors (Lipinski definition) is 0. The van der Waals surface area contributed by atoms with Crippen molar-refractivity contribution in [2.45, 2.75) is 0 Å². The van der Waals surface area contributed by atoms with Crippen LogP contribution in [0.25, 0.3) is 21.3 Å². The van der Waals surface area contributed by atoms with Gasteiger partial charge in [-0.3, -0.25) is 24.6 Å². The van der Waals surface area contributed by atoms with E-state index in [0.29, 0.717) is 22.8 Å². The van der Waals surface area contributed by atoms with Gasteiger partial charge in [0, 0.05) is 44.1 Å². The lowest BCUT2D eigenvalue weighted by Crippen LogP contribution is -2.43. The summed E-state index contributed by atoms with van der Waals surface area (Å²) in [5.74, 6) is 0.670. The molecular formula is C23H23N5O3S. The predicted octanol–water partition coefficient (Wildman–Crippen LogP) is 3.23. The van der Waals surface area contributed by atoms with E-state index in [1.807, 2.05) is 24.3 Å². The summed E-state index contributed by atoms with van der Waals surface area (Å²) in [5, 5.41) is 0.672. The van der Waals surface area contributed by atoms with E-state index >= 15 is 0 Å². The van der Waals surface area contributed by atoms with Crippen LogP contribution in [-0.4, -0.2) is 72.3 Å². The summed E-state index contributed by atoms with van der Waals surface area (Å²) in [7, 11) is 1.64. The monoisotopic (exact) mass is 449 g/mol. The maximum atomic E-state index is 13.6. The molecule has 0 atom stereocenters. The molecule has 0 unspecified atom stereocenters. The number of aromatic nitrogens is 3. The van der Waals surface area contributed by atoms with Crippen molar-refractivity contribution in [2.75, 3.05) is 51.4 Å². The number of benzene rings is 2. The van der Waals surface area contributed by atoms with Crippen LogP contribution in [0.3, 0.4) is 0 Å². The second kappa shape index (κ2) is 9.15. The summed E-state index contributed by atoms with van der Waals surface area (Å²) in [6, 6.07) is 11.2. The highest BCUT2D eigenvalue weighted by Crippen LogP contribution is 2.32. The lowest BCUT2D eigenvalue weighted by atomic mass is 10.1. The second-order valence-electron chi connectivity index (χ2n) is 7.50. The Bertz CT molecular complexity index is 1250. The molecule has 2 aromatic carbocycles. The maximum Gasteiger partial charge on any atom is 0.260 e. The van der Waals surface area contributed by atoms with Crippen LogP contribution in [-0.2, 0) is 4.74 Å². The van der Waals surface area contributed by atoms with Gasteiger partial charge >= 0.3 is 0 Å². The number of fused-ring (bicyclic) bond motifs is 2. The Labute approximate surface area is 189 Å². The molecule has 1 aliphatic heterocycles. The van der Waals surface area contributed by atoms with Crippen molar-refractivity contribution in [3.63, 3.8) is 0 Å². The summed E-state index contributed by atoms with van der Waals surface area (Å²) in [4.78, 5) is 31.1. The van der Waals surface area contributed by atoms with Gasteiger partial charge in [0.05, 0.1) is 41.6 Å². The fourth-order valence-electron chi connectivity index (χ4n) is 3.74. The van der Waals surface area contributed by atoms with Gasteiger partial charge in [0.2, 0.25) is 0 Å². The third-order valence-corrected chi connectivity index (χ3v) is 6.56. The van der Waals surface area contributed by atoms with Crippen molar-refractivity contribution in [1.82, 2.24) is 19.9 Å². The summed E-state index contributed by atoms with van der Waals surface area (Å²) in [6.07, 6.45) is 3.28. The van der Waals surface area contributed by atoms with E-state index in [1.165, 1.54) is 11.3 Å². The minimum Gasteiger partial charge on any atom is -0.497 e. The zero-order chi connectivity index (χ0) is 21.9. The Morgan fingerprint density at radius 3 is 2.69 bits per heavy atom. The van der Waals surface area contributed by atoms with Crippen LogP contribution in [0.4, 0.5) is 5.13 Å². The molecule has 1 saturated heterocycles. The Hall–Kier alpha value is -3.14. The highest BCUT2D eigenvalue weighted by molar-refractivity contribution is 7.22. The van der Waals surface area contributed by atoms with E-state index in [9.17, 15) is 4.79 Å². The number of ether oxygens (including phenoxy) is 2. The van der Waals surface area contributed by atoms with Gasteiger partial charge in [-0.1, -0.05) is 11.3 Å². The highest BCUT2D eigenvalue weighted by atomic mass is 32.1. The third-order valence-electron chi connectivity index (χ3n) is 5.52. The smallest absolute Gasteiger partial charge is 0.260 e. The van der Waals surface area contributed by atoms with Gasteiger partial charge in [-0.15, -0.1) is 0 Å². The van der Waals surface area contributed by atoms with Crippen molar-refractivity contribution in [1.29, 1.82) is 0 Å². The fraction of sp³-hybridized carbons (Fsp3) is 0.304. The van der Waals surface area contributed by atoms with Crippen molar-refractivity contribution < 1.29 is 14.3 Å². The molecule has 0 spiro atoms. The van der Waals surface area contributed by atoms with Crippen LogP contribution in [0.2, 0.25) is 0 Å². The molecular weight excluding hydrogens is 426 g/mol. The Morgan fingerprint density at radius 2 is 1.88 bits per heavy atom. The van der Waals surface area contributed by atoms with Crippen molar-refractivity contribution in [3.8, 4) is 5.75 Å². The number of morpholine rings is 1. The predicted molar refractivity (Wildman–Crippen MR) is 125 cm³/mol. The molecule has 1 fully saturated rings. The summed E-state index contributed by atoms with van der Waals surface area (Å²) in [6.45, 7) is 4.46. The van der Waals surface area contributed by atoms with Crippen LogP contribution < -0.4 is 9.64 Å². The zero-order valence-corrected chi connectivity index (χ0v) is 18.5. The van der Waals surface area contributed by atoms with Gasteiger partial charge < -0.3 is 9.47 Å². The minimum atomic E-state index is -0.100. The van der Waals surface area contributed by atoms with Gasteiger partial charge in [0.25, 0.3) is 5.91 Å². The Kier molecular flexibility index (Phi) is 5.93. The van der Waals surface area contributed by atoms with Gasteiger partial charge in [-0.05, 0) is 36.4 Å². The number of amides is 1. The van der Waals surface area contributed by atoms with Crippen LogP contribution in [0.1, 0.15) is 10.4 Å². The first-order chi connectivity index (χ1) is 15.7. The van der Waals surface area contributed by atoms with Gasteiger partial charge in [0.15, 0.2) is 5.13 Å². The summed E-state index contributed by atoms with van der Waals surface area (Å²) >= 11 is 1.49. The fourth-order valence-corrected chi connectivity index (χ4v) is 4.76. The van der Waals surface area contributed by atoms with E-state index in [-0.39, 0.29) is 5.91 Å². The maximum absolute atomic E-state index is 13.6. The quantitative estimate of drug-likeness (QED) is 0.447. The number of anilines is 1. The Balaban J connectivity index is 1.48. The number of carbonyl (C=O) groups is 1. The molecule has 0 radical (unpaired) electrons. The van der Waals surface area contributed by atoms with Gasteiger partial charge in [0.1, 0.15) is 5.75 Å². The summed E-state index contributed by atoms with van der Waals surface area (Å²) < 4.78 is 11.8. The molecule has 0 N–H and O–H groups in total. The average Bonchev–Trinajstić information content (AvgIpc) is 3.27. The number of nitrogens with zero attached hydrogens (tertiary/aromatic N) is 5. The van der Waals surface area contributed by atoms with Crippen molar-refractivity contribution in [3.05, 3.63) is 54.4 Å². The molecule has 164 valence electrons. The van der Waals surface area contributed by atoms with Crippen LogP contribution in [0.5, 0.6) is 5.75 Å². The molecule has 5 rings (SSSR count). The van der Waals surface area contributed by atoms with E-state index in [0.717, 1.165) is 54.3 Å². The van der Waals surface area contributed by atoms with Crippen LogP contribution >= 0.6 is 11.3 Å². The first kappa shape index (κ1) is 20.7. The molecule has 3 heterocycles. The topological polar surface area (TPSA) is 80.7 Å². The number of carbonyl (C=O) groups excluding carboxylic acids is 1.